The molecule has 1 heterocycles. The normalized spacial score (nSPS) is 21.0. The minimum Gasteiger partial charge on any atom is -0.494 e. The zero-order chi connectivity index (χ0) is 15.4. The number of aliphatic hydroxyl groups excluding tert-OH is 1. The zero-order valence-corrected chi connectivity index (χ0v) is 11.5. The number of nitro benzene ring substituents is 1. The molecule has 0 saturated carbocycles. The lowest BCUT2D eigenvalue weighted by Gasteiger charge is -2.12. The molecule has 21 heavy (non-hydrogen) atoms. The number of aliphatic hydroxyl groups is 1. The number of β-amino-alcohol motifs (C(OH)–C–C–N with tert-alkyl or cyclic N) is 1. The first-order valence-electron chi connectivity index (χ1n) is 6.64. The van der Waals surface area contributed by atoms with Gasteiger partial charge in [0.2, 0.25) is 5.91 Å². The van der Waals surface area contributed by atoms with Crippen LogP contribution in [0.3, 0.4) is 0 Å². The molecule has 3 N–H and O–H groups in total. The third-order valence-corrected chi connectivity index (χ3v) is 3.16. The third-order valence-electron chi connectivity index (χ3n) is 3.16. The molecule has 114 valence electrons. The average molecular weight is 295 g/mol. The van der Waals surface area contributed by atoms with E-state index in [-0.39, 0.29) is 17.8 Å². The van der Waals surface area contributed by atoms with Crippen molar-refractivity contribution in [3.05, 3.63) is 28.3 Å². The maximum atomic E-state index is 12.0. The molecular weight excluding hydrogens is 278 g/mol. The number of ether oxygens (including phenoxy) is 1. The van der Waals surface area contributed by atoms with E-state index in [1.165, 1.54) is 12.1 Å². The number of amides is 1. The second-order valence-corrected chi connectivity index (χ2v) is 4.71. The highest BCUT2D eigenvalue weighted by Crippen LogP contribution is 2.29. The quantitative estimate of drug-likeness (QED) is 0.543. The molecule has 2 unspecified atom stereocenters. The number of carbonyl (C=O) groups excluding carboxylic acids is 1. The van der Waals surface area contributed by atoms with Crippen molar-refractivity contribution < 1.29 is 19.6 Å². The lowest BCUT2D eigenvalue weighted by Crippen LogP contribution is -2.35. The van der Waals surface area contributed by atoms with E-state index in [0.29, 0.717) is 18.9 Å². The molecule has 1 fully saturated rings. The molecule has 0 aliphatic carbocycles. The number of nitro groups is 1. The van der Waals surface area contributed by atoms with Gasteiger partial charge in [0.05, 0.1) is 29.7 Å². The Morgan fingerprint density at radius 2 is 2.38 bits per heavy atom. The summed E-state index contributed by atoms with van der Waals surface area (Å²) >= 11 is 0. The molecule has 0 aromatic heterocycles. The summed E-state index contributed by atoms with van der Waals surface area (Å²) in [5, 5.41) is 25.8. The Hall–Kier alpha value is -2.19. The average Bonchev–Trinajstić information content (AvgIpc) is 2.87. The first-order chi connectivity index (χ1) is 10.0. The van der Waals surface area contributed by atoms with Gasteiger partial charge in [0, 0.05) is 6.54 Å². The Morgan fingerprint density at radius 3 is 2.95 bits per heavy atom. The van der Waals surface area contributed by atoms with Crippen LogP contribution in [0.2, 0.25) is 0 Å². The molecule has 2 rings (SSSR count). The van der Waals surface area contributed by atoms with Gasteiger partial charge in [-0.15, -0.1) is 0 Å². The topological polar surface area (TPSA) is 114 Å². The van der Waals surface area contributed by atoms with Gasteiger partial charge in [-0.1, -0.05) is 0 Å². The Kier molecular flexibility index (Phi) is 4.71. The van der Waals surface area contributed by atoms with E-state index in [0.717, 1.165) is 0 Å². The molecule has 1 amide bonds. The van der Waals surface area contributed by atoms with Crippen molar-refractivity contribution in [2.75, 3.05) is 18.5 Å². The molecule has 1 aromatic carbocycles. The van der Waals surface area contributed by atoms with E-state index < -0.39 is 23.0 Å². The maximum absolute atomic E-state index is 12.0. The molecule has 0 bridgehead atoms. The summed E-state index contributed by atoms with van der Waals surface area (Å²) < 4.78 is 5.21. The minimum atomic E-state index is -0.574. The zero-order valence-electron chi connectivity index (χ0n) is 11.5. The van der Waals surface area contributed by atoms with Crippen LogP contribution in [0.15, 0.2) is 18.2 Å². The van der Waals surface area contributed by atoms with Gasteiger partial charge in [0.1, 0.15) is 11.4 Å². The molecule has 2 atom stereocenters. The van der Waals surface area contributed by atoms with Crippen molar-refractivity contribution in [3.8, 4) is 5.75 Å². The number of hydrogen-bond acceptors (Lipinski definition) is 6. The van der Waals surface area contributed by atoms with Crippen LogP contribution >= 0.6 is 0 Å². The van der Waals surface area contributed by atoms with Crippen LogP contribution in [-0.4, -0.2) is 41.2 Å². The van der Waals surface area contributed by atoms with Crippen LogP contribution in [0.1, 0.15) is 13.3 Å². The van der Waals surface area contributed by atoms with Gasteiger partial charge in [-0.25, -0.2) is 0 Å². The van der Waals surface area contributed by atoms with Gasteiger partial charge < -0.3 is 20.5 Å². The highest BCUT2D eigenvalue weighted by molar-refractivity contribution is 5.97. The second-order valence-electron chi connectivity index (χ2n) is 4.71. The van der Waals surface area contributed by atoms with E-state index in [1.54, 1.807) is 13.0 Å². The van der Waals surface area contributed by atoms with Gasteiger partial charge in [0.25, 0.3) is 5.69 Å². The van der Waals surface area contributed by atoms with Crippen molar-refractivity contribution in [3.63, 3.8) is 0 Å². The largest absolute Gasteiger partial charge is 0.494 e. The van der Waals surface area contributed by atoms with Crippen molar-refractivity contribution in [1.29, 1.82) is 0 Å². The highest BCUT2D eigenvalue weighted by atomic mass is 16.6. The van der Waals surface area contributed by atoms with Crippen LogP contribution < -0.4 is 15.4 Å². The summed E-state index contributed by atoms with van der Waals surface area (Å²) in [5.41, 5.74) is -0.121. The monoisotopic (exact) mass is 295 g/mol. The molecule has 1 aliphatic heterocycles. The summed E-state index contributed by atoms with van der Waals surface area (Å²) in [4.78, 5) is 22.5. The smallest absolute Gasteiger partial charge is 0.296 e. The second kappa shape index (κ2) is 6.51. The van der Waals surface area contributed by atoms with Crippen LogP contribution in [0.4, 0.5) is 11.4 Å². The molecule has 8 nitrogen and oxygen atoms in total. The molecule has 0 spiro atoms. The summed E-state index contributed by atoms with van der Waals surface area (Å²) in [6, 6.07) is 3.72. The Morgan fingerprint density at radius 1 is 1.62 bits per heavy atom. The molecular formula is C13H17N3O5. The van der Waals surface area contributed by atoms with Crippen LogP contribution in [0, 0.1) is 10.1 Å². The first-order valence-corrected chi connectivity index (χ1v) is 6.64. The lowest BCUT2D eigenvalue weighted by atomic mass is 10.2. The summed E-state index contributed by atoms with van der Waals surface area (Å²) in [6.07, 6.45) is -0.285. The Bertz CT molecular complexity index is 549. The number of nitrogens with zero attached hydrogens (tertiary/aromatic N) is 1. The van der Waals surface area contributed by atoms with Gasteiger partial charge in [0.15, 0.2) is 0 Å². The summed E-state index contributed by atoms with van der Waals surface area (Å²) in [5.74, 6) is -0.0320. The molecule has 8 heteroatoms. The first kappa shape index (κ1) is 15.2. The third kappa shape index (κ3) is 3.67. The summed E-state index contributed by atoms with van der Waals surface area (Å²) in [7, 11) is 0. The fraction of sp³-hybridized carbons (Fsp3) is 0.462. The lowest BCUT2D eigenvalue weighted by molar-refractivity contribution is -0.384. The van der Waals surface area contributed by atoms with E-state index in [4.69, 9.17) is 4.74 Å². The number of carbonyl (C=O) groups is 1. The highest BCUT2D eigenvalue weighted by Gasteiger charge is 2.29. The van der Waals surface area contributed by atoms with Crippen molar-refractivity contribution in [2.24, 2.45) is 0 Å². The van der Waals surface area contributed by atoms with E-state index in [1.807, 2.05) is 0 Å². The molecule has 0 radical (unpaired) electrons. The van der Waals surface area contributed by atoms with E-state index in [9.17, 15) is 20.0 Å². The van der Waals surface area contributed by atoms with Crippen LogP contribution in [0.5, 0.6) is 5.75 Å². The van der Waals surface area contributed by atoms with Gasteiger partial charge >= 0.3 is 0 Å². The van der Waals surface area contributed by atoms with Crippen molar-refractivity contribution in [2.45, 2.75) is 25.5 Å². The standard InChI is InChI=1S/C13H17N3O5/c1-2-21-9-3-4-10(12(6-9)16(19)20)15-13(18)11-5-8(17)7-14-11/h3-4,6,8,11,14,17H,2,5,7H2,1H3,(H,15,18). The van der Waals surface area contributed by atoms with Crippen molar-refractivity contribution >= 4 is 17.3 Å². The van der Waals surface area contributed by atoms with E-state index >= 15 is 0 Å². The van der Waals surface area contributed by atoms with Crippen molar-refractivity contribution in [1.82, 2.24) is 5.32 Å². The molecule has 1 aromatic rings. The summed E-state index contributed by atoms with van der Waals surface area (Å²) in [6.45, 7) is 2.51. The number of nitrogens with one attached hydrogen (secondary N) is 2. The predicted octanol–water partition coefficient (Wildman–Crippen LogP) is 0.655. The number of rotatable bonds is 5. The maximum Gasteiger partial charge on any atom is 0.296 e. The van der Waals surface area contributed by atoms with Crippen LogP contribution in [0.25, 0.3) is 0 Å². The van der Waals surface area contributed by atoms with Gasteiger partial charge in [-0.05, 0) is 25.5 Å². The fourth-order valence-electron chi connectivity index (χ4n) is 2.16. The SMILES string of the molecule is CCOc1ccc(NC(=O)C2CC(O)CN2)c([N+](=O)[O-])c1. The molecule has 1 aliphatic rings. The Labute approximate surface area is 121 Å². The van der Waals surface area contributed by atoms with E-state index in [2.05, 4.69) is 10.6 Å². The minimum absolute atomic E-state index is 0.108. The predicted molar refractivity (Wildman–Crippen MR) is 75.3 cm³/mol. The Balaban J connectivity index is 2.15. The fourth-order valence-corrected chi connectivity index (χ4v) is 2.16. The number of hydrogen-bond donors (Lipinski definition) is 3. The van der Waals surface area contributed by atoms with Gasteiger partial charge in [-0.2, -0.15) is 0 Å². The van der Waals surface area contributed by atoms with Crippen LogP contribution in [-0.2, 0) is 4.79 Å². The molecule has 1 saturated heterocycles. The number of benzene rings is 1. The number of anilines is 1. The van der Waals surface area contributed by atoms with Gasteiger partial charge in [-0.3, -0.25) is 14.9 Å².